The van der Waals surface area contributed by atoms with E-state index in [1.165, 1.54) is 25.7 Å². The Kier molecular flexibility index (Phi) is 4.85. The Hall–Kier alpha value is -0.610. The van der Waals surface area contributed by atoms with E-state index in [0.717, 1.165) is 64.1 Å². The monoisotopic (exact) mass is 294 g/mol. The van der Waals surface area contributed by atoms with E-state index in [1.807, 2.05) is 0 Å². The van der Waals surface area contributed by atoms with Crippen LogP contribution in [0.1, 0.15) is 45.4 Å². The molecule has 0 spiro atoms. The maximum absolute atomic E-state index is 12.8. The molecule has 0 aliphatic carbocycles. The summed E-state index contributed by atoms with van der Waals surface area (Å²) in [6.45, 7) is 7.88. The van der Waals surface area contributed by atoms with Crippen molar-refractivity contribution in [2.75, 3.05) is 39.4 Å². The largest absolute Gasteiger partial charge is 0.381 e. The number of amides is 1. The van der Waals surface area contributed by atoms with Crippen LogP contribution in [-0.2, 0) is 9.53 Å². The van der Waals surface area contributed by atoms with Crippen LogP contribution in [0.15, 0.2) is 0 Å². The predicted molar refractivity (Wildman–Crippen MR) is 83.1 cm³/mol. The van der Waals surface area contributed by atoms with E-state index in [1.54, 1.807) is 0 Å². The molecule has 0 bridgehead atoms. The smallest absolute Gasteiger partial charge is 0.229 e. The lowest BCUT2D eigenvalue weighted by Crippen LogP contribution is -2.52. The topological polar surface area (TPSA) is 41.6 Å². The van der Waals surface area contributed by atoms with E-state index in [4.69, 9.17) is 4.74 Å². The maximum Gasteiger partial charge on any atom is 0.229 e. The van der Waals surface area contributed by atoms with Crippen molar-refractivity contribution in [3.05, 3.63) is 0 Å². The second-order valence-electron chi connectivity index (χ2n) is 7.42. The van der Waals surface area contributed by atoms with E-state index in [9.17, 15) is 4.79 Å². The molecule has 0 radical (unpaired) electrons. The van der Waals surface area contributed by atoms with Crippen LogP contribution in [0, 0.1) is 17.3 Å². The molecule has 0 saturated carbocycles. The molecule has 4 nitrogen and oxygen atoms in total. The number of ether oxygens (including phenoxy) is 1. The molecule has 0 aromatic carbocycles. The van der Waals surface area contributed by atoms with Gasteiger partial charge in [0.2, 0.25) is 5.91 Å². The van der Waals surface area contributed by atoms with Crippen LogP contribution >= 0.6 is 0 Å². The highest BCUT2D eigenvalue weighted by atomic mass is 16.5. The van der Waals surface area contributed by atoms with Gasteiger partial charge in [-0.1, -0.05) is 0 Å². The summed E-state index contributed by atoms with van der Waals surface area (Å²) in [6.07, 6.45) is 7.00. The molecule has 120 valence electrons. The van der Waals surface area contributed by atoms with E-state index in [2.05, 4.69) is 17.1 Å². The zero-order valence-corrected chi connectivity index (χ0v) is 13.4. The Labute approximate surface area is 128 Å². The SMILES string of the molecule is CC1(C(=O)N2CCC(C3CCOCC3)CC2)CCCNC1. The molecule has 3 aliphatic heterocycles. The molecule has 3 rings (SSSR count). The molecular weight excluding hydrogens is 264 g/mol. The number of rotatable bonds is 2. The summed E-state index contributed by atoms with van der Waals surface area (Å²) in [6, 6.07) is 0. The minimum absolute atomic E-state index is 0.163. The Morgan fingerprint density at radius 3 is 2.43 bits per heavy atom. The normalized spacial score (nSPS) is 33.1. The first-order valence-corrected chi connectivity index (χ1v) is 8.77. The Bertz CT molecular complexity index is 352. The Balaban J connectivity index is 1.51. The van der Waals surface area contributed by atoms with Gasteiger partial charge in [-0.25, -0.2) is 0 Å². The van der Waals surface area contributed by atoms with Crippen LogP contribution in [0.25, 0.3) is 0 Å². The lowest BCUT2D eigenvalue weighted by atomic mass is 9.78. The number of hydrogen-bond acceptors (Lipinski definition) is 3. The van der Waals surface area contributed by atoms with Gasteiger partial charge in [0.15, 0.2) is 0 Å². The summed E-state index contributed by atoms with van der Waals surface area (Å²) in [4.78, 5) is 15.0. The van der Waals surface area contributed by atoms with Crippen molar-refractivity contribution < 1.29 is 9.53 Å². The number of nitrogens with one attached hydrogen (secondary N) is 1. The Morgan fingerprint density at radius 1 is 1.14 bits per heavy atom. The average molecular weight is 294 g/mol. The molecule has 3 aliphatic rings. The third kappa shape index (κ3) is 3.42. The van der Waals surface area contributed by atoms with Crippen molar-refractivity contribution in [2.45, 2.75) is 45.4 Å². The molecule has 1 N–H and O–H groups in total. The minimum atomic E-state index is -0.163. The zero-order valence-electron chi connectivity index (χ0n) is 13.4. The maximum atomic E-state index is 12.8. The molecule has 0 aromatic heterocycles. The van der Waals surface area contributed by atoms with Crippen LogP contribution in [0.3, 0.4) is 0 Å². The van der Waals surface area contributed by atoms with Crippen molar-refractivity contribution >= 4 is 5.91 Å². The number of likely N-dealkylation sites (tertiary alicyclic amines) is 1. The van der Waals surface area contributed by atoms with Crippen LogP contribution in [0.5, 0.6) is 0 Å². The Morgan fingerprint density at radius 2 is 1.81 bits per heavy atom. The highest BCUT2D eigenvalue weighted by Crippen LogP contribution is 2.34. The number of hydrogen-bond donors (Lipinski definition) is 1. The summed E-state index contributed by atoms with van der Waals surface area (Å²) in [5.74, 6) is 2.04. The fourth-order valence-electron chi connectivity index (χ4n) is 4.38. The van der Waals surface area contributed by atoms with Gasteiger partial charge in [-0.15, -0.1) is 0 Å². The second kappa shape index (κ2) is 6.66. The van der Waals surface area contributed by atoms with Crippen molar-refractivity contribution in [1.29, 1.82) is 0 Å². The molecule has 1 amide bonds. The van der Waals surface area contributed by atoms with Crippen molar-refractivity contribution in [2.24, 2.45) is 17.3 Å². The van der Waals surface area contributed by atoms with Gasteiger partial charge in [-0.05, 0) is 63.8 Å². The molecule has 3 saturated heterocycles. The molecule has 0 aromatic rings. The van der Waals surface area contributed by atoms with E-state index in [0.29, 0.717) is 5.91 Å². The highest BCUT2D eigenvalue weighted by Gasteiger charge is 2.39. The van der Waals surface area contributed by atoms with Crippen molar-refractivity contribution in [1.82, 2.24) is 10.2 Å². The summed E-state index contributed by atoms with van der Waals surface area (Å²) in [7, 11) is 0. The van der Waals surface area contributed by atoms with Crippen molar-refractivity contribution in [3.63, 3.8) is 0 Å². The van der Waals surface area contributed by atoms with Crippen molar-refractivity contribution in [3.8, 4) is 0 Å². The molecule has 3 fully saturated rings. The molecule has 3 heterocycles. The lowest BCUT2D eigenvalue weighted by molar-refractivity contribution is -0.144. The van der Waals surface area contributed by atoms with Gasteiger partial charge in [0.1, 0.15) is 0 Å². The summed E-state index contributed by atoms with van der Waals surface area (Å²) < 4.78 is 5.47. The molecule has 1 atom stereocenters. The molecule has 21 heavy (non-hydrogen) atoms. The second-order valence-corrected chi connectivity index (χ2v) is 7.42. The van der Waals surface area contributed by atoms with Gasteiger partial charge in [0, 0.05) is 32.8 Å². The number of nitrogens with zero attached hydrogens (tertiary/aromatic N) is 1. The summed E-state index contributed by atoms with van der Waals surface area (Å²) in [5, 5.41) is 3.39. The van der Waals surface area contributed by atoms with Crippen LogP contribution in [-0.4, -0.2) is 50.2 Å². The number of piperidine rings is 2. The third-order valence-corrected chi connectivity index (χ3v) is 5.87. The molecule has 4 heteroatoms. The predicted octanol–water partition coefficient (Wildman–Crippen LogP) is 2.04. The van der Waals surface area contributed by atoms with Crippen LogP contribution in [0.2, 0.25) is 0 Å². The lowest BCUT2D eigenvalue weighted by Gasteiger charge is -2.42. The number of carbonyl (C=O) groups excluding carboxylic acids is 1. The van der Waals surface area contributed by atoms with Gasteiger partial charge in [0.05, 0.1) is 5.41 Å². The fraction of sp³-hybridized carbons (Fsp3) is 0.941. The van der Waals surface area contributed by atoms with E-state index >= 15 is 0 Å². The first kappa shape index (κ1) is 15.3. The molecular formula is C17H30N2O2. The standard InChI is InChI=1S/C17H30N2O2/c1-17(7-2-8-18-13-17)16(20)19-9-3-14(4-10-19)15-5-11-21-12-6-15/h14-15,18H,2-13H2,1H3. The fourth-order valence-corrected chi connectivity index (χ4v) is 4.38. The van der Waals surface area contributed by atoms with Crippen LogP contribution < -0.4 is 5.32 Å². The minimum Gasteiger partial charge on any atom is -0.381 e. The highest BCUT2D eigenvalue weighted by molar-refractivity contribution is 5.82. The summed E-state index contributed by atoms with van der Waals surface area (Å²) >= 11 is 0. The first-order valence-electron chi connectivity index (χ1n) is 8.77. The average Bonchev–Trinajstić information content (AvgIpc) is 2.56. The third-order valence-electron chi connectivity index (χ3n) is 5.87. The zero-order chi connectivity index (χ0) is 14.7. The van der Waals surface area contributed by atoms with Gasteiger partial charge in [0.25, 0.3) is 0 Å². The van der Waals surface area contributed by atoms with Gasteiger partial charge in [-0.3, -0.25) is 4.79 Å². The van der Waals surface area contributed by atoms with Gasteiger partial charge in [-0.2, -0.15) is 0 Å². The van der Waals surface area contributed by atoms with Crippen LogP contribution in [0.4, 0.5) is 0 Å². The molecule has 1 unspecified atom stereocenters. The van der Waals surface area contributed by atoms with E-state index < -0.39 is 0 Å². The quantitative estimate of drug-likeness (QED) is 0.847. The van der Waals surface area contributed by atoms with Gasteiger partial charge >= 0.3 is 0 Å². The number of carbonyl (C=O) groups is 1. The first-order chi connectivity index (χ1) is 10.2. The summed E-state index contributed by atoms with van der Waals surface area (Å²) in [5.41, 5.74) is -0.163. The van der Waals surface area contributed by atoms with Gasteiger partial charge < -0.3 is 15.0 Å². The van der Waals surface area contributed by atoms with E-state index in [-0.39, 0.29) is 5.41 Å².